The number of aromatic amines is 1. The summed E-state index contributed by atoms with van der Waals surface area (Å²) in [5.41, 5.74) is 1.60. The molecule has 0 aromatic carbocycles. The predicted octanol–water partition coefficient (Wildman–Crippen LogP) is 2.25. The van der Waals surface area contributed by atoms with Gasteiger partial charge in [0.1, 0.15) is 5.56 Å². The lowest BCUT2D eigenvalue weighted by atomic mass is 10.1. The first-order valence-electron chi connectivity index (χ1n) is 7.96. The van der Waals surface area contributed by atoms with Crippen molar-refractivity contribution in [1.82, 2.24) is 9.97 Å². The van der Waals surface area contributed by atoms with Crippen LogP contribution in [0, 0.1) is 13.8 Å². The van der Waals surface area contributed by atoms with Crippen LogP contribution in [0.4, 0.5) is 0 Å². The number of nitrogens with zero attached hydrogens (tertiary/aromatic N) is 1. The summed E-state index contributed by atoms with van der Waals surface area (Å²) in [6, 6.07) is 3.08. The van der Waals surface area contributed by atoms with E-state index in [1.54, 1.807) is 26.8 Å². The molecular formula is C18H20N2O6. The Kier molecular flexibility index (Phi) is 6.11. The molecule has 0 saturated heterocycles. The van der Waals surface area contributed by atoms with Gasteiger partial charge in [0, 0.05) is 11.9 Å². The Morgan fingerprint density at radius 2 is 1.92 bits per heavy atom. The summed E-state index contributed by atoms with van der Waals surface area (Å²) >= 11 is 0. The highest BCUT2D eigenvalue weighted by atomic mass is 16.5. The maximum Gasteiger partial charge on any atom is 0.344 e. The molecule has 0 bridgehead atoms. The molecule has 0 atom stereocenters. The fraction of sp³-hybridized carbons (Fsp3) is 0.333. The highest BCUT2D eigenvalue weighted by molar-refractivity contribution is 6.03. The Hall–Kier alpha value is -3.16. The van der Waals surface area contributed by atoms with Crippen LogP contribution in [0.15, 0.2) is 18.3 Å². The lowest BCUT2D eigenvalue weighted by Crippen LogP contribution is -2.16. The van der Waals surface area contributed by atoms with Gasteiger partial charge in [0.15, 0.2) is 6.61 Å². The smallest absolute Gasteiger partial charge is 0.344 e. The molecule has 0 saturated carbocycles. The highest BCUT2D eigenvalue weighted by Crippen LogP contribution is 2.20. The monoisotopic (exact) mass is 360 g/mol. The predicted molar refractivity (Wildman–Crippen MR) is 91.6 cm³/mol. The van der Waals surface area contributed by atoms with E-state index in [9.17, 15) is 14.4 Å². The summed E-state index contributed by atoms with van der Waals surface area (Å²) in [7, 11) is 1.27. The van der Waals surface area contributed by atoms with Crippen molar-refractivity contribution >= 4 is 17.7 Å². The minimum Gasteiger partial charge on any atom is -0.477 e. The molecular weight excluding hydrogens is 340 g/mol. The summed E-state index contributed by atoms with van der Waals surface area (Å²) in [6.45, 7) is 4.90. The number of carbonyl (C=O) groups excluding carboxylic acids is 3. The molecule has 138 valence electrons. The summed E-state index contributed by atoms with van der Waals surface area (Å²) in [4.78, 5) is 43.2. The largest absolute Gasteiger partial charge is 0.477 e. The molecule has 0 aliphatic heterocycles. The molecule has 8 heteroatoms. The number of ether oxygens (including phenoxy) is 3. The fourth-order valence-corrected chi connectivity index (χ4v) is 2.52. The van der Waals surface area contributed by atoms with Gasteiger partial charge in [-0.1, -0.05) is 0 Å². The van der Waals surface area contributed by atoms with E-state index in [-0.39, 0.29) is 17.1 Å². The molecule has 2 aromatic rings. The average molecular weight is 360 g/mol. The number of H-pyrrole nitrogens is 1. The van der Waals surface area contributed by atoms with Crippen molar-refractivity contribution in [2.75, 3.05) is 20.3 Å². The fourth-order valence-electron chi connectivity index (χ4n) is 2.52. The first-order valence-corrected chi connectivity index (χ1v) is 7.96. The third kappa shape index (κ3) is 3.90. The van der Waals surface area contributed by atoms with Gasteiger partial charge >= 0.3 is 11.9 Å². The number of Topliss-reactive ketones (excluding diaryl/α,β-unsaturated/α-hetero) is 1. The Bertz CT molecular complexity index is 840. The molecule has 2 aromatic heterocycles. The Balaban J connectivity index is 2.12. The number of carbonyl (C=O) groups is 3. The van der Waals surface area contributed by atoms with E-state index >= 15 is 0 Å². The average Bonchev–Trinajstić information content (AvgIpc) is 2.94. The van der Waals surface area contributed by atoms with Crippen LogP contribution < -0.4 is 4.74 Å². The van der Waals surface area contributed by atoms with Gasteiger partial charge in [-0.25, -0.2) is 14.6 Å². The van der Waals surface area contributed by atoms with Crippen molar-refractivity contribution in [2.45, 2.75) is 20.8 Å². The zero-order valence-corrected chi connectivity index (χ0v) is 15.0. The lowest BCUT2D eigenvalue weighted by molar-refractivity contribution is 0.0468. The zero-order chi connectivity index (χ0) is 19.3. The number of aryl methyl sites for hydroxylation is 1. The normalized spacial score (nSPS) is 10.3. The van der Waals surface area contributed by atoms with Gasteiger partial charge in [0.25, 0.3) is 0 Å². The summed E-state index contributed by atoms with van der Waals surface area (Å²) < 4.78 is 15.1. The van der Waals surface area contributed by atoms with Crippen molar-refractivity contribution < 1.29 is 28.6 Å². The molecule has 8 nitrogen and oxygen atoms in total. The van der Waals surface area contributed by atoms with Crippen LogP contribution in [0.2, 0.25) is 0 Å². The second kappa shape index (κ2) is 8.28. The number of rotatable bonds is 7. The van der Waals surface area contributed by atoms with Gasteiger partial charge in [-0.3, -0.25) is 4.79 Å². The van der Waals surface area contributed by atoms with E-state index in [1.807, 2.05) is 0 Å². The lowest BCUT2D eigenvalue weighted by Gasteiger charge is -2.08. The molecule has 0 aliphatic carbocycles. The van der Waals surface area contributed by atoms with Crippen molar-refractivity contribution in [3.63, 3.8) is 0 Å². The number of nitrogens with one attached hydrogen (secondary N) is 1. The van der Waals surface area contributed by atoms with E-state index in [1.165, 1.54) is 19.4 Å². The van der Waals surface area contributed by atoms with E-state index < -0.39 is 24.3 Å². The van der Waals surface area contributed by atoms with Gasteiger partial charge < -0.3 is 19.2 Å². The van der Waals surface area contributed by atoms with E-state index in [0.717, 1.165) is 0 Å². The van der Waals surface area contributed by atoms with Crippen LogP contribution in [0.3, 0.4) is 0 Å². The zero-order valence-electron chi connectivity index (χ0n) is 15.0. The second-order valence-corrected chi connectivity index (χ2v) is 5.41. The van der Waals surface area contributed by atoms with Crippen molar-refractivity contribution in [1.29, 1.82) is 0 Å². The molecule has 0 fully saturated rings. The van der Waals surface area contributed by atoms with E-state index in [2.05, 4.69) is 9.97 Å². The number of ketones is 1. The van der Waals surface area contributed by atoms with Crippen LogP contribution in [-0.4, -0.2) is 48.0 Å². The summed E-state index contributed by atoms with van der Waals surface area (Å²) in [5.74, 6) is -1.57. The number of aromatic nitrogens is 2. The molecule has 1 N–H and O–H groups in total. The first kappa shape index (κ1) is 19.2. The van der Waals surface area contributed by atoms with Gasteiger partial charge in [-0.2, -0.15) is 0 Å². The van der Waals surface area contributed by atoms with Crippen LogP contribution in [-0.2, 0) is 9.47 Å². The number of esters is 2. The molecule has 0 radical (unpaired) electrons. The number of pyridine rings is 1. The van der Waals surface area contributed by atoms with Crippen molar-refractivity contribution in [3.8, 4) is 5.88 Å². The van der Waals surface area contributed by atoms with Gasteiger partial charge in [-0.05, 0) is 38.5 Å². The molecule has 0 unspecified atom stereocenters. The number of methoxy groups -OCH3 is 1. The number of hydrogen-bond acceptors (Lipinski definition) is 7. The van der Waals surface area contributed by atoms with Crippen LogP contribution >= 0.6 is 0 Å². The quantitative estimate of drug-likeness (QED) is 0.596. The Labute approximate surface area is 150 Å². The molecule has 0 amide bonds. The summed E-state index contributed by atoms with van der Waals surface area (Å²) in [5, 5.41) is 0. The summed E-state index contributed by atoms with van der Waals surface area (Å²) in [6.07, 6.45) is 1.49. The van der Waals surface area contributed by atoms with E-state index in [4.69, 9.17) is 14.2 Å². The van der Waals surface area contributed by atoms with Crippen LogP contribution in [0.5, 0.6) is 5.88 Å². The third-order valence-corrected chi connectivity index (χ3v) is 3.71. The molecule has 26 heavy (non-hydrogen) atoms. The second-order valence-electron chi connectivity index (χ2n) is 5.41. The standard InChI is InChI=1S/C18H20N2O6/c1-5-25-16-12(7-6-8-19-16)17(22)26-9-13(21)15-10(2)14(11(3)20-15)18(23)24-4/h6-8,20H,5,9H2,1-4H3. The minimum atomic E-state index is -0.718. The van der Waals surface area contributed by atoms with Crippen molar-refractivity contribution in [3.05, 3.63) is 46.4 Å². The molecule has 0 aliphatic rings. The molecule has 0 spiro atoms. The Morgan fingerprint density at radius 3 is 2.58 bits per heavy atom. The SMILES string of the molecule is CCOc1ncccc1C(=O)OCC(=O)c1[nH]c(C)c(C(=O)OC)c1C. The van der Waals surface area contributed by atoms with Crippen molar-refractivity contribution in [2.24, 2.45) is 0 Å². The van der Waals surface area contributed by atoms with Gasteiger partial charge in [-0.15, -0.1) is 0 Å². The maximum absolute atomic E-state index is 12.4. The molecule has 2 heterocycles. The van der Waals surface area contributed by atoms with Gasteiger partial charge in [0.2, 0.25) is 11.7 Å². The molecule has 2 rings (SSSR count). The number of hydrogen-bond donors (Lipinski definition) is 1. The first-order chi connectivity index (χ1) is 12.4. The van der Waals surface area contributed by atoms with Crippen LogP contribution in [0.1, 0.15) is 49.4 Å². The Morgan fingerprint density at radius 1 is 1.19 bits per heavy atom. The minimum absolute atomic E-state index is 0.136. The highest BCUT2D eigenvalue weighted by Gasteiger charge is 2.24. The third-order valence-electron chi connectivity index (χ3n) is 3.71. The van der Waals surface area contributed by atoms with Crippen LogP contribution in [0.25, 0.3) is 0 Å². The topological polar surface area (TPSA) is 108 Å². The maximum atomic E-state index is 12.4. The van der Waals surface area contributed by atoms with E-state index in [0.29, 0.717) is 23.4 Å². The van der Waals surface area contributed by atoms with Gasteiger partial charge in [0.05, 0.1) is 25.0 Å².